The molecule has 1 aromatic carbocycles. The third-order valence-electron chi connectivity index (χ3n) is 4.09. The van der Waals surface area contributed by atoms with Crippen molar-refractivity contribution in [2.24, 2.45) is 0 Å². The second kappa shape index (κ2) is 7.77. The molecule has 3 nitrogen and oxygen atoms in total. The first-order chi connectivity index (χ1) is 9.69. The van der Waals surface area contributed by atoms with Crippen molar-refractivity contribution < 1.29 is 0 Å². The number of fused-ring (bicyclic) bond motifs is 1. The lowest BCUT2D eigenvalue weighted by Gasteiger charge is -2.23. The number of hydrogen-bond donors (Lipinski definition) is 1. The molecule has 1 heterocycles. The SMILES string of the molecule is CCN(CCCN(C)C)Cc1ccc2c(c1)CNCC2. The lowest BCUT2D eigenvalue weighted by molar-refractivity contribution is 0.259. The van der Waals surface area contributed by atoms with Gasteiger partial charge in [-0.15, -0.1) is 0 Å². The maximum atomic E-state index is 3.46. The number of rotatable bonds is 7. The van der Waals surface area contributed by atoms with Gasteiger partial charge in [0, 0.05) is 13.1 Å². The quantitative estimate of drug-likeness (QED) is 0.822. The summed E-state index contributed by atoms with van der Waals surface area (Å²) in [7, 11) is 4.29. The molecule has 0 saturated heterocycles. The molecule has 0 aromatic heterocycles. The van der Waals surface area contributed by atoms with E-state index in [9.17, 15) is 0 Å². The molecule has 0 radical (unpaired) electrons. The predicted octanol–water partition coefficient (Wildman–Crippen LogP) is 2.11. The van der Waals surface area contributed by atoms with Crippen molar-refractivity contribution in [3.63, 3.8) is 0 Å². The van der Waals surface area contributed by atoms with Gasteiger partial charge in [-0.3, -0.25) is 4.90 Å². The summed E-state index contributed by atoms with van der Waals surface area (Å²) in [4.78, 5) is 4.81. The summed E-state index contributed by atoms with van der Waals surface area (Å²) in [6.07, 6.45) is 2.42. The third kappa shape index (κ3) is 4.58. The topological polar surface area (TPSA) is 18.5 Å². The Morgan fingerprint density at radius 2 is 2.00 bits per heavy atom. The second-order valence-electron chi connectivity index (χ2n) is 6.06. The van der Waals surface area contributed by atoms with E-state index in [1.165, 1.54) is 42.6 Å². The summed E-state index contributed by atoms with van der Waals surface area (Å²) in [5.41, 5.74) is 4.49. The Morgan fingerprint density at radius 3 is 2.75 bits per heavy atom. The van der Waals surface area contributed by atoms with Gasteiger partial charge in [0.1, 0.15) is 0 Å². The van der Waals surface area contributed by atoms with E-state index in [0.29, 0.717) is 0 Å². The molecule has 0 atom stereocenters. The fourth-order valence-corrected chi connectivity index (χ4v) is 2.85. The highest BCUT2D eigenvalue weighted by Crippen LogP contribution is 2.17. The fraction of sp³-hybridized carbons (Fsp3) is 0.647. The van der Waals surface area contributed by atoms with E-state index in [1.54, 1.807) is 0 Å². The Hall–Kier alpha value is -0.900. The average Bonchev–Trinajstić information content (AvgIpc) is 2.45. The fourth-order valence-electron chi connectivity index (χ4n) is 2.85. The van der Waals surface area contributed by atoms with Crippen LogP contribution >= 0.6 is 0 Å². The Bertz CT molecular complexity index is 415. The number of hydrogen-bond acceptors (Lipinski definition) is 3. The number of benzene rings is 1. The average molecular weight is 275 g/mol. The summed E-state index contributed by atoms with van der Waals surface area (Å²) >= 11 is 0. The van der Waals surface area contributed by atoms with Gasteiger partial charge in [-0.2, -0.15) is 0 Å². The van der Waals surface area contributed by atoms with Crippen molar-refractivity contribution in [1.29, 1.82) is 0 Å². The number of nitrogens with one attached hydrogen (secondary N) is 1. The molecule has 1 aliphatic heterocycles. The van der Waals surface area contributed by atoms with E-state index in [1.807, 2.05) is 0 Å². The molecule has 0 aliphatic carbocycles. The maximum Gasteiger partial charge on any atom is 0.0233 e. The van der Waals surface area contributed by atoms with Crippen LogP contribution in [0.2, 0.25) is 0 Å². The van der Waals surface area contributed by atoms with Crippen LogP contribution in [0, 0.1) is 0 Å². The molecule has 1 aromatic rings. The van der Waals surface area contributed by atoms with Crippen molar-refractivity contribution >= 4 is 0 Å². The highest BCUT2D eigenvalue weighted by molar-refractivity contribution is 5.33. The van der Waals surface area contributed by atoms with Gasteiger partial charge in [0.2, 0.25) is 0 Å². The Balaban J connectivity index is 1.90. The van der Waals surface area contributed by atoms with Crippen LogP contribution in [0.25, 0.3) is 0 Å². The van der Waals surface area contributed by atoms with Crippen LogP contribution in [0.5, 0.6) is 0 Å². The first-order valence-electron chi connectivity index (χ1n) is 7.87. The molecular weight excluding hydrogens is 246 g/mol. The van der Waals surface area contributed by atoms with Crippen molar-refractivity contribution in [1.82, 2.24) is 15.1 Å². The zero-order valence-electron chi connectivity index (χ0n) is 13.3. The minimum absolute atomic E-state index is 1.04. The van der Waals surface area contributed by atoms with Crippen LogP contribution in [0.15, 0.2) is 18.2 Å². The highest BCUT2D eigenvalue weighted by atomic mass is 15.1. The van der Waals surface area contributed by atoms with E-state index >= 15 is 0 Å². The maximum absolute atomic E-state index is 3.46. The zero-order valence-corrected chi connectivity index (χ0v) is 13.3. The van der Waals surface area contributed by atoms with Crippen LogP contribution in [0.1, 0.15) is 30.0 Å². The largest absolute Gasteiger partial charge is 0.312 e. The van der Waals surface area contributed by atoms with E-state index in [-0.39, 0.29) is 0 Å². The van der Waals surface area contributed by atoms with Gasteiger partial charge in [0.25, 0.3) is 0 Å². The van der Waals surface area contributed by atoms with Crippen LogP contribution in [0.3, 0.4) is 0 Å². The summed E-state index contributed by atoms with van der Waals surface area (Å²) in [6, 6.07) is 7.05. The normalized spacial score (nSPS) is 14.8. The summed E-state index contributed by atoms with van der Waals surface area (Å²) in [5.74, 6) is 0. The second-order valence-corrected chi connectivity index (χ2v) is 6.06. The van der Waals surface area contributed by atoms with Gasteiger partial charge in [-0.1, -0.05) is 25.1 Å². The molecule has 2 rings (SSSR count). The van der Waals surface area contributed by atoms with Crippen molar-refractivity contribution in [2.75, 3.05) is 40.3 Å². The standard InChI is InChI=1S/C17H29N3/c1-4-20(11-5-10-19(2)3)14-15-6-7-16-8-9-18-13-17(16)12-15/h6-7,12,18H,4-5,8-11,13-14H2,1-3H3. The van der Waals surface area contributed by atoms with Crippen LogP contribution in [0.4, 0.5) is 0 Å². The molecule has 0 unspecified atom stereocenters. The molecule has 3 heteroatoms. The molecule has 0 saturated carbocycles. The lowest BCUT2D eigenvalue weighted by atomic mass is 9.98. The van der Waals surface area contributed by atoms with Gasteiger partial charge >= 0.3 is 0 Å². The van der Waals surface area contributed by atoms with Crippen LogP contribution in [-0.4, -0.2) is 50.1 Å². The molecule has 0 fully saturated rings. The minimum atomic E-state index is 1.04. The van der Waals surface area contributed by atoms with Crippen molar-refractivity contribution in [3.05, 3.63) is 34.9 Å². The summed E-state index contributed by atoms with van der Waals surface area (Å²) < 4.78 is 0. The van der Waals surface area contributed by atoms with E-state index in [4.69, 9.17) is 0 Å². The van der Waals surface area contributed by atoms with Gasteiger partial charge in [-0.05, 0) is 69.8 Å². The van der Waals surface area contributed by atoms with Gasteiger partial charge in [-0.25, -0.2) is 0 Å². The van der Waals surface area contributed by atoms with E-state index in [2.05, 4.69) is 54.3 Å². The molecular formula is C17H29N3. The summed E-state index contributed by atoms with van der Waals surface area (Å²) in [5, 5.41) is 3.46. The molecule has 112 valence electrons. The lowest BCUT2D eigenvalue weighted by Crippen LogP contribution is -2.27. The highest BCUT2D eigenvalue weighted by Gasteiger charge is 2.10. The Kier molecular flexibility index (Phi) is 6.02. The smallest absolute Gasteiger partial charge is 0.0233 e. The Morgan fingerprint density at radius 1 is 1.15 bits per heavy atom. The Labute approximate surface area is 124 Å². The molecule has 0 spiro atoms. The monoisotopic (exact) mass is 275 g/mol. The van der Waals surface area contributed by atoms with Gasteiger partial charge < -0.3 is 10.2 Å². The third-order valence-corrected chi connectivity index (χ3v) is 4.09. The van der Waals surface area contributed by atoms with Crippen LogP contribution < -0.4 is 5.32 Å². The number of nitrogens with zero attached hydrogens (tertiary/aromatic N) is 2. The van der Waals surface area contributed by atoms with Gasteiger partial charge in [0.05, 0.1) is 0 Å². The zero-order chi connectivity index (χ0) is 14.4. The van der Waals surface area contributed by atoms with Crippen molar-refractivity contribution in [2.45, 2.75) is 32.9 Å². The summed E-state index contributed by atoms with van der Waals surface area (Å²) in [6.45, 7) is 8.98. The molecule has 20 heavy (non-hydrogen) atoms. The van der Waals surface area contributed by atoms with E-state index in [0.717, 1.165) is 26.2 Å². The van der Waals surface area contributed by atoms with E-state index < -0.39 is 0 Å². The molecule has 0 bridgehead atoms. The first-order valence-corrected chi connectivity index (χ1v) is 7.87. The minimum Gasteiger partial charge on any atom is -0.312 e. The molecule has 1 N–H and O–H groups in total. The van der Waals surface area contributed by atoms with Crippen molar-refractivity contribution in [3.8, 4) is 0 Å². The van der Waals surface area contributed by atoms with Gasteiger partial charge in [0.15, 0.2) is 0 Å². The first kappa shape index (κ1) is 15.5. The van der Waals surface area contributed by atoms with Crippen LogP contribution in [-0.2, 0) is 19.5 Å². The molecule has 1 aliphatic rings. The molecule has 0 amide bonds. The predicted molar refractivity (Wildman–Crippen MR) is 86.0 cm³/mol.